The molecule has 3 N–H and O–H groups in total. The van der Waals surface area contributed by atoms with E-state index >= 15 is 0 Å². The fourth-order valence-corrected chi connectivity index (χ4v) is 3.53. The largest absolute Gasteiger partial charge is 0.444 e. The Bertz CT molecular complexity index is 599. The summed E-state index contributed by atoms with van der Waals surface area (Å²) in [5.41, 5.74) is -0.664. The predicted molar refractivity (Wildman–Crippen MR) is 80.8 cm³/mol. The molecule has 0 aromatic heterocycles. The van der Waals surface area contributed by atoms with E-state index in [1.807, 2.05) is 0 Å². The Labute approximate surface area is 135 Å². The predicted octanol–water partition coefficient (Wildman–Crippen LogP) is -1.14. The Balaban J connectivity index is 2.05. The molecule has 10 heteroatoms. The number of aliphatic hydroxyl groups excluding tert-OH is 1. The lowest BCUT2D eigenvalue weighted by Gasteiger charge is -2.27. The first-order valence-corrected chi connectivity index (χ1v) is 8.96. The number of carbonyl (C=O) groups excluding carboxylic acids is 2. The molecule has 3 atom stereocenters. The second-order valence-electron chi connectivity index (χ2n) is 6.98. The van der Waals surface area contributed by atoms with Gasteiger partial charge >= 0.3 is 6.09 Å². The van der Waals surface area contributed by atoms with Crippen LogP contribution in [0.1, 0.15) is 27.2 Å². The average molecular weight is 349 g/mol. The van der Waals surface area contributed by atoms with Gasteiger partial charge in [-0.05, 0) is 20.8 Å². The van der Waals surface area contributed by atoms with Crippen LogP contribution in [-0.2, 0) is 19.6 Å². The van der Waals surface area contributed by atoms with Crippen LogP contribution < -0.4 is 5.14 Å². The number of sulfonamides is 1. The van der Waals surface area contributed by atoms with Crippen molar-refractivity contribution >= 4 is 22.0 Å². The number of primary sulfonamides is 1. The third-order valence-electron chi connectivity index (χ3n) is 3.90. The maximum Gasteiger partial charge on any atom is 0.410 e. The lowest BCUT2D eigenvalue weighted by molar-refractivity contribution is -0.131. The highest BCUT2D eigenvalue weighted by Gasteiger charge is 2.46. The number of nitrogens with zero attached hydrogens (tertiary/aromatic N) is 2. The Morgan fingerprint density at radius 3 is 2.39 bits per heavy atom. The molecule has 0 radical (unpaired) electrons. The quantitative estimate of drug-likeness (QED) is 0.648. The van der Waals surface area contributed by atoms with Crippen molar-refractivity contribution in [1.82, 2.24) is 9.80 Å². The van der Waals surface area contributed by atoms with E-state index in [4.69, 9.17) is 9.88 Å². The zero-order valence-electron chi connectivity index (χ0n) is 13.4. The second-order valence-corrected chi connectivity index (χ2v) is 8.83. The number of carbonyl (C=O) groups is 2. The summed E-state index contributed by atoms with van der Waals surface area (Å²) in [6, 6.07) is -0.651. The highest BCUT2D eigenvalue weighted by Crippen LogP contribution is 2.25. The van der Waals surface area contributed by atoms with Gasteiger partial charge in [-0.25, -0.2) is 18.4 Å². The van der Waals surface area contributed by atoms with E-state index in [0.29, 0.717) is 0 Å². The number of β-amino-alcohol motifs (C(OH)–C–C–N with tert-alkyl or cyclic N) is 1. The lowest BCUT2D eigenvalue weighted by atomic mass is 10.2. The Kier molecular flexibility index (Phi) is 4.62. The maximum absolute atomic E-state index is 12.0. The molecule has 0 spiro atoms. The summed E-state index contributed by atoms with van der Waals surface area (Å²) in [5, 5.41) is 14.3. The van der Waals surface area contributed by atoms with Gasteiger partial charge in [0.25, 0.3) is 0 Å². The highest BCUT2D eigenvalue weighted by molar-refractivity contribution is 7.89. The van der Waals surface area contributed by atoms with E-state index in [2.05, 4.69) is 0 Å². The molecule has 2 saturated heterocycles. The van der Waals surface area contributed by atoms with Crippen LogP contribution in [0.25, 0.3) is 0 Å². The fraction of sp³-hybridized carbons (Fsp3) is 0.846. The summed E-state index contributed by atoms with van der Waals surface area (Å²) in [6.45, 7) is 5.25. The minimum absolute atomic E-state index is 0.0312. The SMILES string of the molecule is CC(C)(C)OC(=O)N1CC(O)C(N2CC(S(N)(=O)=O)CC2=O)C1. The average Bonchev–Trinajstić information content (AvgIpc) is 2.89. The van der Waals surface area contributed by atoms with Gasteiger partial charge in [0.2, 0.25) is 15.9 Å². The summed E-state index contributed by atoms with van der Waals surface area (Å²) in [4.78, 5) is 26.7. The Morgan fingerprint density at radius 1 is 1.30 bits per heavy atom. The molecule has 2 fully saturated rings. The van der Waals surface area contributed by atoms with Crippen molar-refractivity contribution in [2.75, 3.05) is 19.6 Å². The smallest absolute Gasteiger partial charge is 0.410 e. The number of rotatable bonds is 2. The number of amides is 2. The Morgan fingerprint density at radius 2 is 1.91 bits per heavy atom. The second kappa shape index (κ2) is 5.91. The molecule has 23 heavy (non-hydrogen) atoms. The molecule has 3 unspecified atom stereocenters. The van der Waals surface area contributed by atoms with E-state index in [1.54, 1.807) is 20.8 Å². The van der Waals surface area contributed by atoms with Crippen molar-refractivity contribution in [3.63, 3.8) is 0 Å². The van der Waals surface area contributed by atoms with Crippen LogP contribution in [0.2, 0.25) is 0 Å². The zero-order chi connectivity index (χ0) is 17.6. The van der Waals surface area contributed by atoms with Crippen LogP contribution in [0, 0.1) is 0 Å². The van der Waals surface area contributed by atoms with E-state index in [1.165, 1.54) is 9.80 Å². The molecule has 2 aliphatic heterocycles. The van der Waals surface area contributed by atoms with Crippen LogP contribution >= 0.6 is 0 Å². The summed E-state index contributed by atoms with van der Waals surface area (Å²) >= 11 is 0. The standard InChI is InChI=1S/C13H23N3O6S/c1-13(2,3)22-12(19)15-6-9(10(17)7-15)16-5-8(4-11(16)18)23(14,20)21/h8-10,17H,4-7H2,1-3H3,(H2,14,20,21). The number of hydrogen-bond acceptors (Lipinski definition) is 6. The van der Waals surface area contributed by atoms with Gasteiger partial charge in [0.15, 0.2) is 0 Å². The number of likely N-dealkylation sites (tertiary alicyclic amines) is 2. The van der Waals surface area contributed by atoms with Gasteiger partial charge in [-0.2, -0.15) is 0 Å². The van der Waals surface area contributed by atoms with E-state index in [0.717, 1.165) is 0 Å². The molecule has 2 amide bonds. The van der Waals surface area contributed by atoms with Crippen molar-refractivity contribution in [2.24, 2.45) is 5.14 Å². The summed E-state index contributed by atoms with van der Waals surface area (Å²) in [7, 11) is -3.82. The summed E-state index contributed by atoms with van der Waals surface area (Å²) < 4.78 is 28.0. The first-order valence-electron chi connectivity index (χ1n) is 7.35. The number of aliphatic hydroxyl groups is 1. The van der Waals surface area contributed by atoms with Gasteiger partial charge in [0.1, 0.15) is 10.9 Å². The molecule has 2 rings (SSSR count). The van der Waals surface area contributed by atoms with Gasteiger partial charge in [0.05, 0.1) is 18.7 Å². The van der Waals surface area contributed by atoms with Gasteiger partial charge in [0, 0.05) is 19.5 Å². The molecule has 0 aromatic rings. The molecule has 0 aliphatic carbocycles. The third kappa shape index (κ3) is 4.12. The molecule has 0 bridgehead atoms. The van der Waals surface area contributed by atoms with Crippen molar-refractivity contribution in [1.29, 1.82) is 0 Å². The topological polar surface area (TPSA) is 130 Å². The zero-order valence-corrected chi connectivity index (χ0v) is 14.2. The van der Waals surface area contributed by atoms with Crippen LogP contribution in [0.5, 0.6) is 0 Å². The third-order valence-corrected chi connectivity index (χ3v) is 5.14. The van der Waals surface area contributed by atoms with E-state index in [-0.39, 0.29) is 32.0 Å². The minimum atomic E-state index is -3.82. The Hall–Kier alpha value is -1.39. The van der Waals surface area contributed by atoms with Crippen molar-refractivity contribution in [3.05, 3.63) is 0 Å². The van der Waals surface area contributed by atoms with Gasteiger partial charge in [-0.3, -0.25) is 4.79 Å². The normalized spacial score (nSPS) is 29.3. The molecule has 0 aromatic carbocycles. The van der Waals surface area contributed by atoms with Crippen LogP contribution in [0.4, 0.5) is 4.79 Å². The molecule has 2 aliphatic rings. The first kappa shape index (κ1) is 18.0. The molecular formula is C13H23N3O6S. The van der Waals surface area contributed by atoms with Gasteiger partial charge in [-0.1, -0.05) is 0 Å². The number of hydrogen-bond donors (Lipinski definition) is 2. The van der Waals surface area contributed by atoms with Crippen LogP contribution in [-0.4, -0.2) is 78.0 Å². The van der Waals surface area contributed by atoms with Gasteiger partial charge < -0.3 is 19.6 Å². The summed E-state index contributed by atoms with van der Waals surface area (Å²) in [6.07, 6.45) is -1.73. The van der Waals surface area contributed by atoms with Crippen LogP contribution in [0.3, 0.4) is 0 Å². The van der Waals surface area contributed by atoms with Crippen LogP contribution in [0.15, 0.2) is 0 Å². The summed E-state index contributed by atoms with van der Waals surface area (Å²) in [5.74, 6) is -0.390. The van der Waals surface area contributed by atoms with E-state index in [9.17, 15) is 23.1 Å². The fourth-order valence-electron chi connectivity index (χ4n) is 2.79. The number of ether oxygens (including phenoxy) is 1. The van der Waals surface area contributed by atoms with Gasteiger partial charge in [-0.15, -0.1) is 0 Å². The van der Waals surface area contributed by atoms with E-state index < -0.39 is 39.1 Å². The lowest BCUT2D eigenvalue weighted by Crippen LogP contribution is -2.45. The maximum atomic E-state index is 12.0. The molecule has 2 heterocycles. The van der Waals surface area contributed by atoms with Crippen molar-refractivity contribution in [2.45, 2.75) is 50.2 Å². The molecular weight excluding hydrogens is 326 g/mol. The minimum Gasteiger partial charge on any atom is -0.444 e. The first-order chi connectivity index (χ1) is 10.4. The molecule has 0 saturated carbocycles. The van der Waals surface area contributed by atoms with Crippen molar-refractivity contribution < 1.29 is 27.9 Å². The highest BCUT2D eigenvalue weighted by atomic mass is 32.2. The number of nitrogens with two attached hydrogens (primary N) is 1. The van der Waals surface area contributed by atoms with Crippen molar-refractivity contribution in [3.8, 4) is 0 Å². The molecule has 132 valence electrons. The molecule has 9 nitrogen and oxygen atoms in total. The monoisotopic (exact) mass is 349 g/mol.